The number of anilines is 1. The topological polar surface area (TPSA) is 84.2 Å². The van der Waals surface area contributed by atoms with Crippen molar-refractivity contribution in [3.05, 3.63) is 29.3 Å². The van der Waals surface area contributed by atoms with Crippen LogP contribution in [-0.4, -0.2) is 24.4 Å². The molecule has 0 aliphatic heterocycles. The Kier molecular flexibility index (Phi) is 3.96. The van der Waals surface area contributed by atoms with Gasteiger partial charge in [0.2, 0.25) is 5.91 Å². The van der Waals surface area contributed by atoms with Gasteiger partial charge in [0.15, 0.2) is 0 Å². The average Bonchev–Trinajstić information content (AvgIpc) is 2.27. The Hall–Kier alpha value is -2.04. The van der Waals surface area contributed by atoms with E-state index in [0.29, 0.717) is 5.56 Å². The lowest BCUT2D eigenvalue weighted by Crippen LogP contribution is -2.53. The molecule has 0 spiro atoms. The molecule has 0 aliphatic rings. The van der Waals surface area contributed by atoms with Gasteiger partial charge in [0.1, 0.15) is 5.54 Å². The highest BCUT2D eigenvalue weighted by Crippen LogP contribution is 2.15. The molecule has 0 saturated carbocycles. The summed E-state index contributed by atoms with van der Waals surface area (Å²) in [4.78, 5) is 23.2. The predicted molar refractivity (Wildman–Crippen MR) is 71.5 cm³/mol. The molecule has 98 valence electrons. The molecule has 1 rings (SSSR count). The molecule has 0 heterocycles. The quantitative estimate of drug-likeness (QED) is 0.745. The second-order valence-electron chi connectivity index (χ2n) is 4.72. The van der Waals surface area contributed by atoms with Crippen LogP contribution in [0.1, 0.15) is 29.8 Å². The number of benzene rings is 1. The first kappa shape index (κ1) is 14.0. The van der Waals surface area contributed by atoms with E-state index >= 15 is 0 Å². The van der Waals surface area contributed by atoms with Crippen LogP contribution in [0.15, 0.2) is 18.2 Å². The summed E-state index contributed by atoms with van der Waals surface area (Å²) in [5.41, 5.74) is 6.45. The molecule has 0 bridgehead atoms. The van der Waals surface area contributed by atoms with E-state index in [1.807, 2.05) is 20.0 Å². The van der Waals surface area contributed by atoms with Crippen molar-refractivity contribution in [3.8, 4) is 0 Å². The molecule has 18 heavy (non-hydrogen) atoms. The summed E-state index contributed by atoms with van der Waals surface area (Å²) in [6.45, 7) is 4.99. The van der Waals surface area contributed by atoms with Gasteiger partial charge in [0.05, 0.1) is 0 Å². The molecule has 0 atom stereocenters. The lowest BCUT2D eigenvalue weighted by Gasteiger charge is -2.22. The van der Waals surface area contributed by atoms with Gasteiger partial charge < -0.3 is 16.4 Å². The molecule has 4 N–H and O–H groups in total. The molecule has 5 nitrogen and oxygen atoms in total. The molecule has 0 unspecified atom stereocenters. The zero-order valence-electron chi connectivity index (χ0n) is 11.1. The van der Waals surface area contributed by atoms with Crippen LogP contribution in [0.3, 0.4) is 0 Å². The molecule has 1 aromatic rings. The highest BCUT2D eigenvalue weighted by Gasteiger charge is 2.27. The van der Waals surface area contributed by atoms with Crippen molar-refractivity contribution in [2.24, 2.45) is 5.73 Å². The first-order valence-corrected chi connectivity index (χ1v) is 5.68. The van der Waals surface area contributed by atoms with E-state index in [2.05, 4.69) is 10.6 Å². The maximum absolute atomic E-state index is 12.0. The monoisotopic (exact) mass is 249 g/mol. The number of amides is 2. The maximum Gasteiger partial charge on any atom is 0.252 e. The van der Waals surface area contributed by atoms with Gasteiger partial charge in [-0.15, -0.1) is 0 Å². The van der Waals surface area contributed by atoms with Gasteiger partial charge in [0.25, 0.3) is 5.91 Å². The van der Waals surface area contributed by atoms with Gasteiger partial charge in [-0.1, -0.05) is 0 Å². The molecule has 0 aromatic heterocycles. The zero-order chi connectivity index (χ0) is 13.9. The third-order valence-electron chi connectivity index (χ3n) is 2.80. The summed E-state index contributed by atoms with van der Waals surface area (Å²) in [5, 5.41) is 5.61. The number of nitrogens with two attached hydrogens (primary N) is 1. The second kappa shape index (κ2) is 5.08. The van der Waals surface area contributed by atoms with E-state index in [-0.39, 0.29) is 5.91 Å². The smallest absolute Gasteiger partial charge is 0.252 e. The van der Waals surface area contributed by atoms with Crippen LogP contribution in [0.4, 0.5) is 5.69 Å². The zero-order valence-corrected chi connectivity index (χ0v) is 11.1. The van der Waals surface area contributed by atoms with Crippen LogP contribution in [0.2, 0.25) is 0 Å². The molecule has 5 heteroatoms. The number of rotatable bonds is 4. The molecule has 1 aromatic carbocycles. The average molecular weight is 249 g/mol. The molecule has 0 fully saturated rings. The number of primary amides is 1. The van der Waals surface area contributed by atoms with Crippen molar-refractivity contribution >= 4 is 17.5 Å². The van der Waals surface area contributed by atoms with Crippen LogP contribution in [-0.2, 0) is 4.79 Å². The van der Waals surface area contributed by atoms with Crippen LogP contribution >= 0.6 is 0 Å². The Morgan fingerprint density at radius 2 is 1.89 bits per heavy atom. The number of hydrogen-bond acceptors (Lipinski definition) is 3. The lowest BCUT2D eigenvalue weighted by molar-refractivity contribution is -0.122. The van der Waals surface area contributed by atoms with Crippen molar-refractivity contribution < 1.29 is 9.59 Å². The largest absolute Gasteiger partial charge is 0.388 e. The maximum atomic E-state index is 12.0. The fourth-order valence-corrected chi connectivity index (χ4v) is 1.49. The minimum absolute atomic E-state index is 0.307. The Morgan fingerprint density at radius 1 is 1.28 bits per heavy atom. The van der Waals surface area contributed by atoms with Crippen molar-refractivity contribution in [2.45, 2.75) is 26.3 Å². The van der Waals surface area contributed by atoms with Crippen molar-refractivity contribution in [1.29, 1.82) is 0 Å². The fourth-order valence-electron chi connectivity index (χ4n) is 1.49. The normalized spacial score (nSPS) is 10.9. The SMILES string of the molecule is CNc1ccc(C(=O)NC(C)(C)C(N)=O)c(C)c1. The molecule has 0 saturated heterocycles. The van der Waals surface area contributed by atoms with Crippen LogP contribution < -0.4 is 16.4 Å². The van der Waals surface area contributed by atoms with Gasteiger partial charge in [-0.2, -0.15) is 0 Å². The Balaban J connectivity index is 2.95. The first-order chi connectivity index (χ1) is 8.27. The number of aryl methyl sites for hydroxylation is 1. The summed E-state index contributed by atoms with van der Waals surface area (Å²) in [6, 6.07) is 5.39. The molecule has 0 radical (unpaired) electrons. The molecular weight excluding hydrogens is 230 g/mol. The van der Waals surface area contributed by atoms with Crippen LogP contribution in [0.5, 0.6) is 0 Å². The number of carbonyl (C=O) groups excluding carboxylic acids is 2. The van der Waals surface area contributed by atoms with Gasteiger partial charge >= 0.3 is 0 Å². The van der Waals surface area contributed by atoms with Crippen molar-refractivity contribution in [1.82, 2.24) is 5.32 Å². The minimum atomic E-state index is -1.06. The van der Waals surface area contributed by atoms with Gasteiger partial charge in [-0.3, -0.25) is 9.59 Å². The van der Waals surface area contributed by atoms with Gasteiger partial charge in [-0.25, -0.2) is 0 Å². The van der Waals surface area contributed by atoms with E-state index in [9.17, 15) is 9.59 Å². The highest BCUT2D eigenvalue weighted by molar-refractivity contribution is 5.99. The third kappa shape index (κ3) is 3.00. The Bertz CT molecular complexity index is 481. The number of carbonyl (C=O) groups is 2. The van der Waals surface area contributed by atoms with E-state index < -0.39 is 11.4 Å². The fraction of sp³-hybridized carbons (Fsp3) is 0.385. The van der Waals surface area contributed by atoms with Gasteiger partial charge in [-0.05, 0) is 44.5 Å². The third-order valence-corrected chi connectivity index (χ3v) is 2.80. The van der Waals surface area contributed by atoms with Crippen molar-refractivity contribution in [2.75, 3.05) is 12.4 Å². The summed E-state index contributed by atoms with van der Waals surface area (Å²) in [5.74, 6) is -0.876. The molecule has 2 amide bonds. The predicted octanol–water partition coefficient (Wildman–Crippen LogP) is 1.03. The summed E-state index contributed by atoms with van der Waals surface area (Å²) in [7, 11) is 1.81. The number of hydrogen-bond donors (Lipinski definition) is 3. The standard InChI is InChI=1S/C13H19N3O2/c1-8-7-9(15-4)5-6-10(8)11(17)16-13(2,3)12(14)18/h5-7,15H,1-4H3,(H2,14,18)(H,16,17). The van der Waals surface area contributed by atoms with E-state index in [4.69, 9.17) is 5.73 Å². The van der Waals surface area contributed by atoms with Gasteiger partial charge in [0, 0.05) is 18.3 Å². The Labute approximate surface area is 107 Å². The molecular formula is C13H19N3O2. The summed E-state index contributed by atoms with van der Waals surface area (Å²) >= 11 is 0. The molecule has 0 aliphatic carbocycles. The van der Waals surface area contributed by atoms with E-state index in [1.54, 1.807) is 26.0 Å². The lowest BCUT2D eigenvalue weighted by atomic mass is 10.0. The first-order valence-electron chi connectivity index (χ1n) is 5.68. The summed E-state index contributed by atoms with van der Waals surface area (Å²) in [6.07, 6.45) is 0. The Morgan fingerprint density at radius 3 is 2.33 bits per heavy atom. The number of nitrogens with one attached hydrogen (secondary N) is 2. The highest BCUT2D eigenvalue weighted by atomic mass is 16.2. The van der Waals surface area contributed by atoms with E-state index in [1.165, 1.54) is 0 Å². The van der Waals surface area contributed by atoms with E-state index in [0.717, 1.165) is 11.3 Å². The minimum Gasteiger partial charge on any atom is -0.388 e. The van der Waals surface area contributed by atoms with Crippen LogP contribution in [0, 0.1) is 6.92 Å². The van der Waals surface area contributed by atoms with Crippen molar-refractivity contribution in [3.63, 3.8) is 0 Å². The summed E-state index contributed by atoms with van der Waals surface area (Å²) < 4.78 is 0. The second-order valence-corrected chi connectivity index (χ2v) is 4.72. The van der Waals surface area contributed by atoms with Crippen LogP contribution in [0.25, 0.3) is 0 Å².